The monoisotopic (exact) mass is 436 g/mol. The van der Waals surface area contributed by atoms with E-state index in [4.69, 9.17) is 21.3 Å². The number of ether oxygens (including phenoxy) is 1. The number of aromatic nitrogens is 3. The van der Waals surface area contributed by atoms with Crippen LogP contribution in [-0.2, 0) is 11.3 Å². The molecule has 0 aliphatic heterocycles. The summed E-state index contributed by atoms with van der Waals surface area (Å²) in [6, 6.07) is 14.8. The predicted octanol–water partition coefficient (Wildman–Crippen LogP) is 5.59. The van der Waals surface area contributed by atoms with E-state index in [1.807, 2.05) is 24.3 Å². The fourth-order valence-corrected chi connectivity index (χ4v) is 3.91. The minimum absolute atomic E-state index is 0.195. The molecule has 4 aromatic rings. The number of fused-ring (bicyclic) bond motifs is 1. The highest BCUT2D eigenvalue weighted by Gasteiger charge is 2.23. The van der Waals surface area contributed by atoms with E-state index in [1.165, 1.54) is 0 Å². The first-order valence-corrected chi connectivity index (χ1v) is 10.6. The molecule has 160 valence electrons. The van der Waals surface area contributed by atoms with Gasteiger partial charge in [0.25, 0.3) is 5.91 Å². The summed E-state index contributed by atoms with van der Waals surface area (Å²) in [4.78, 5) is 21.2. The molecule has 4 rings (SSSR count). The van der Waals surface area contributed by atoms with Crippen LogP contribution in [0.2, 0.25) is 5.02 Å². The molecule has 0 saturated heterocycles. The highest BCUT2D eigenvalue weighted by molar-refractivity contribution is 6.30. The van der Waals surface area contributed by atoms with Gasteiger partial charge in [-0.3, -0.25) is 4.79 Å². The van der Waals surface area contributed by atoms with Crippen molar-refractivity contribution >= 4 is 34.4 Å². The van der Waals surface area contributed by atoms with Crippen molar-refractivity contribution in [2.75, 3.05) is 19.0 Å². The van der Waals surface area contributed by atoms with Crippen LogP contribution in [0.4, 0.5) is 5.82 Å². The lowest BCUT2D eigenvalue weighted by Crippen LogP contribution is -2.17. The molecule has 2 heterocycles. The first-order chi connectivity index (χ1) is 15.0. The molecule has 31 heavy (non-hydrogen) atoms. The van der Waals surface area contributed by atoms with Crippen LogP contribution in [0.3, 0.4) is 0 Å². The Labute approximate surface area is 186 Å². The molecule has 6 nitrogen and oxygen atoms in total. The zero-order chi connectivity index (χ0) is 22.0. The predicted molar refractivity (Wildman–Crippen MR) is 125 cm³/mol. The van der Waals surface area contributed by atoms with Crippen LogP contribution in [0, 0.1) is 13.8 Å². The fraction of sp³-hybridized carbons (Fsp3) is 0.250. The first-order valence-electron chi connectivity index (χ1n) is 10.2. The number of anilines is 1. The number of nitrogens with zero attached hydrogens (tertiary/aromatic N) is 2. The second kappa shape index (κ2) is 8.96. The second-order valence-electron chi connectivity index (χ2n) is 7.50. The average Bonchev–Trinajstić information content (AvgIpc) is 3.28. The molecule has 0 unspecified atom stereocenters. The van der Waals surface area contributed by atoms with Crippen LogP contribution in [0.1, 0.15) is 28.0 Å². The van der Waals surface area contributed by atoms with E-state index >= 15 is 0 Å². The molecular weight excluding hydrogens is 412 g/mol. The second-order valence-corrected chi connectivity index (χ2v) is 7.93. The summed E-state index contributed by atoms with van der Waals surface area (Å²) in [5.41, 5.74) is 5.43. The molecule has 0 aliphatic rings. The number of hydrogen-bond donors (Lipinski definition) is 2. The average molecular weight is 437 g/mol. The van der Waals surface area contributed by atoms with Crippen molar-refractivity contribution in [1.82, 2.24) is 14.5 Å². The molecule has 0 spiro atoms. The third-order valence-electron chi connectivity index (χ3n) is 5.52. The zero-order valence-electron chi connectivity index (χ0n) is 17.8. The van der Waals surface area contributed by atoms with Gasteiger partial charge < -0.3 is 19.6 Å². The topological polar surface area (TPSA) is 71.9 Å². The summed E-state index contributed by atoms with van der Waals surface area (Å²) in [5, 5.41) is 3.72. The van der Waals surface area contributed by atoms with Crippen LogP contribution < -0.4 is 5.32 Å². The van der Waals surface area contributed by atoms with Crippen molar-refractivity contribution in [3.63, 3.8) is 0 Å². The van der Waals surface area contributed by atoms with E-state index in [1.54, 1.807) is 31.4 Å². The van der Waals surface area contributed by atoms with Crippen molar-refractivity contribution in [3.05, 3.63) is 70.4 Å². The van der Waals surface area contributed by atoms with E-state index in [0.29, 0.717) is 17.2 Å². The van der Waals surface area contributed by atoms with Gasteiger partial charge in [-0.1, -0.05) is 23.7 Å². The Bertz CT molecular complexity index is 1190. The maximum absolute atomic E-state index is 13.1. The number of aromatic amines is 1. The number of rotatable bonds is 7. The van der Waals surface area contributed by atoms with Crippen molar-refractivity contribution in [2.45, 2.75) is 26.8 Å². The summed E-state index contributed by atoms with van der Waals surface area (Å²) < 4.78 is 7.36. The quantitative estimate of drug-likeness (QED) is 0.371. The van der Waals surface area contributed by atoms with Gasteiger partial charge in [0.2, 0.25) is 0 Å². The molecule has 0 bridgehead atoms. The Morgan fingerprint density at radius 2 is 1.90 bits per heavy atom. The van der Waals surface area contributed by atoms with Crippen molar-refractivity contribution in [2.24, 2.45) is 0 Å². The van der Waals surface area contributed by atoms with Crippen molar-refractivity contribution in [1.29, 1.82) is 0 Å². The number of methoxy groups -OCH3 is 1. The van der Waals surface area contributed by atoms with Gasteiger partial charge in [-0.05, 0) is 62.2 Å². The lowest BCUT2D eigenvalue weighted by Gasteiger charge is -2.14. The van der Waals surface area contributed by atoms with Crippen molar-refractivity contribution in [3.8, 4) is 11.4 Å². The minimum atomic E-state index is -0.195. The maximum Gasteiger partial charge on any atom is 0.256 e. The lowest BCUT2D eigenvalue weighted by atomic mass is 10.1. The number of imidazole rings is 1. The van der Waals surface area contributed by atoms with Crippen molar-refractivity contribution < 1.29 is 9.53 Å². The zero-order valence-corrected chi connectivity index (χ0v) is 18.6. The number of H-pyrrole nitrogens is 1. The number of halogens is 1. The Kier molecular flexibility index (Phi) is 6.11. The Balaban J connectivity index is 1.80. The molecule has 2 N–H and O–H groups in total. The van der Waals surface area contributed by atoms with E-state index in [-0.39, 0.29) is 5.91 Å². The fourth-order valence-electron chi connectivity index (χ4n) is 3.78. The normalized spacial score (nSPS) is 11.2. The molecule has 0 aliphatic carbocycles. The molecule has 0 fully saturated rings. The van der Waals surface area contributed by atoms with E-state index in [2.05, 4.69) is 28.7 Å². The number of benzene rings is 2. The van der Waals surface area contributed by atoms with Gasteiger partial charge in [-0.25, -0.2) is 4.98 Å². The molecule has 0 radical (unpaired) electrons. The third kappa shape index (κ3) is 4.22. The molecular formula is C24H25ClN4O2. The molecule has 0 atom stereocenters. The van der Waals surface area contributed by atoms with Gasteiger partial charge >= 0.3 is 0 Å². The number of para-hydroxylation sites is 2. The van der Waals surface area contributed by atoms with Crippen LogP contribution in [0.15, 0.2) is 48.5 Å². The molecule has 2 aromatic carbocycles. The number of hydrogen-bond acceptors (Lipinski definition) is 3. The highest BCUT2D eigenvalue weighted by Crippen LogP contribution is 2.36. The number of carbonyl (C=O) groups is 1. The van der Waals surface area contributed by atoms with Gasteiger partial charge in [0.05, 0.1) is 16.6 Å². The maximum atomic E-state index is 13.1. The molecule has 1 amide bonds. The summed E-state index contributed by atoms with van der Waals surface area (Å²) in [6.07, 6.45) is 0.828. The highest BCUT2D eigenvalue weighted by atomic mass is 35.5. The smallest absolute Gasteiger partial charge is 0.256 e. The largest absolute Gasteiger partial charge is 0.385 e. The molecule has 0 saturated carbocycles. The molecule has 7 heteroatoms. The number of amides is 1. The minimum Gasteiger partial charge on any atom is -0.385 e. The van der Waals surface area contributed by atoms with Gasteiger partial charge in [-0.15, -0.1) is 0 Å². The third-order valence-corrected chi connectivity index (χ3v) is 5.78. The van der Waals surface area contributed by atoms with Gasteiger partial charge in [0, 0.05) is 36.5 Å². The Hall–Kier alpha value is -3.09. The van der Waals surface area contributed by atoms with Gasteiger partial charge in [0.1, 0.15) is 11.6 Å². The summed E-state index contributed by atoms with van der Waals surface area (Å²) >= 11 is 5.98. The van der Waals surface area contributed by atoms with Gasteiger partial charge in [0.15, 0.2) is 0 Å². The van der Waals surface area contributed by atoms with Crippen LogP contribution >= 0.6 is 11.6 Å². The first kappa shape index (κ1) is 21.2. The Morgan fingerprint density at radius 3 is 2.61 bits per heavy atom. The number of carbonyl (C=O) groups excluding carboxylic acids is 1. The lowest BCUT2D eigenvalue weighted by molar-refractivity contribution is 0.102. The van der Waals surface area contributed by atoms with Crippen LogP contribution in [0.5, 0.6) is 0 Å². The Morgan fingerprint density at radius 1 is 1.16 bits per heavy atom. The SMILES string of the molecule is COCCCn1c(C)c(C)c(-c2nc3ccccc3[nH]2)c1NC(=O)c1ccc(Cl)cc1. The van der Waals surface area contributed by atoms with E-state index in [9.17, 15) is 4.79 Å². The molecule has 2 aromatic heterocycles. The summed E-state index contributed by atoms with van der Waals surface area (Å²) in [7, 11) is 1.69. The summed E-state index contributed by atoms with van der Waals surface area (Å²) in [5.74, 6) is 1.27. The van der Waals surface area contributed by atoms with E-state index < -0.39 is 0 Å². The summed E-state index contributed by atoms with van der Waals surface area (Å²) in [6.45, 7) is 5.48. The van der Waals surface area contributed by atoms with E-state index in [0.717, 1.165) is 52.5 Å². The van der Waals surface area contributed by atoms with Gasteiger partial charge in [-0.2, -0.15) is 0 Å². The van der Waals surface area contributed by atoms with Crippen LogP contribution in [-0.4, -0.2) is 34.2 Å². The number of nitrogens with one attached hydrogen (secondary N) is 2. The standard InChI is InChI=1S/C24H25ClN4O2/c1-15-16(2)29(13-6-14-31-3)23(28-24(30)17-9-11-18(25)12-10-17)21(15)22-26-19-7-4-5-8-20(19)27-22/h4-5,7-12H,6,13-14H2,1-3H3,(H,26,27)(H,28,30). The van der Waals surface area contributed by atoms with Crippen LogP contribution in [0.25, 0.3) is 22.4 Å².